The molecule has 1 fully saturated rings. The first-order valence-electron chi connectivity index (χ1n) is 7.20. The Kier molecular flexibility index (Phi) is 5.55. The third-order valence-corrected chi connectivity index (χ3v) is 4.49. The highest BCUT2D eigenvalue weighted by Gasteiger charge is 2.26. The number of carboxylic acid groups (broad SMARTS) is 1. The standard InChI is InChI=1S/C14H21N3O3S/c1-10-16-12(9-21-10)4-6-15-14(20)17-7-5-11(8-17)2-3-13(18)19/h9,11H,2-8H2,1H3,(H,15,20)(H,18,19). The Labute approximate surface area is 128 Å². The zero-order valence-corrected chi connectivity index (χ0v) is 13.0. The second-order valence-electron chi connectivity index (χ2n) is 5.37. The summed E-state index contributed by atoms with van der Waals surface area (Å²) in [7, 11) is 0. The first-order valence-corrected chi connectivity index (χ1v) is 8.08. The van der Waals surface area contributed by atoms with Crippen molar-refractivity contribution in [2.45, 2.75) is 32.6 Å². The van der Waals surface area contributed by atoms with Gasteiger partial charge in [-0.05, 0) is 25.7 Å². The normalized spacial score (nSPS) is 18.0. The molecule has 2 heterocycles. The van der Waals surface area contributed by atoms with Gasteiger partial charge in [-0.1, -0.05) is 0 Å². The molecule has 7 heteroatoms. The van der Waals surface area contributed by atoms with Crippen LogP contribution < -0.4 is 5.32 Å². The fourth-order valence-electron chi connectivity index (χ4n) is 2.51. The fourth-order valence-corrected chi connectivity index (χ4v) is 3.16. The summed E-state index contributed by atoms with van der Waals surface area (Å²) in [4.78, 5) is 28.7. The molecule has 1 saturated heterocycles. The molecule has 1 aliphatic heterocycles. The number of nitrogens with zero attached hydrogens (tertiary/aromatic N) is 2. The van der Waals surface area contributed by atoms with Gasteiger partial charge in [0.1, 0.15) is 0 Å². The van der Waals surface area contributed by atoms with Gasteiger partial charge in [0.15, 0.2) is 0 Å². The highest BCUT2D eigenvalue weighted by Crippen LogP contribution is 2.20. The predicted molar refractivity (Wildman–Crippen MR) is 80.5 cm³/mol. The van der Waals surface area contributed by atoms with Gasteiger partial charge in [0.25, 0.3) is 0 Å². The summed E-state index contributed by atoms with van der Waals surface area (Å²) in [6.45, 7) is 3.92. The molecule has 21 heavy (non-hydrogen) atoms. The lowest BCUT2D eigenvalue weighted by atomic mass is 10.0. The molecular weight excluding hydrogens is 290 g/mol. The summed E-state index contributed by atoms with van der Waals surface area (Å²) in [5.74, 6) is -0.454. The molecule has 0 spiro atoms. The van der Waals surface area contributed by atoms with E-state index in [1.54, 1.807) is 16.2 Å². The number of hydrogen-bond acceptors (Lipinski definition) is 4. The highest BCUT2D eigenvalue weighted by atomic mass is 32.1. The predicted octanol–water partition coefficient (Wildman–Crippen LogP) is 1.89. The average Bonchev–Trinajstić information content (AvgIpc) is 3.05. The quantitative estimate of drug-likeness (QED) is 0.840. The summed E-state index contributed by atoms with van der Waals surface area (Å²) in [6.07, 6.45) is 2.47. The maximum absolute atomic E-state index is 12.0. The van der Waals surface area contributed by atoms with E-state index in [0.717, 1.165) is 23.5 Å². The minimum Gasteiger partial charge on any atom is -0.481 e. The van der Waals surface area contributed by atoms with Crippen molar-refractivity contribution < 1.29 is 14.7 Å². The van der Waals surface area contributed by atoms with Crippen LogP contribution in [0.3, 0.4) is 0 Å². The van der Waals surface area contributed by atoms with Gasteiger partial charge in [-0.25, -0.2) is 9.78 Å². The number of hydrogen-bond donors (Lipinski definition) is 2. The van der Waals surface area contributed by atoms with Crippen molar-refractivity contribution in [2.24, 2.45) is 5.92 Å². The Hall–Kier alpha value is -1.63. The van der Waals surface area contributed by atoms with Gasteiger partial charge in [0, 0.05) is 37.9 Å². The number of nitrogens with one attached hydrogen (secondary N) is 1. The van der Waals surface area contributed by atoms with Crippen LogP contribution in [0, 0.1) is 12.8 Å². The monoisotopic (exact) mass is 311 g/mol. The van der Waals surface area contributed by atoms with Crippen LogP contribution in [0.4, 0.5) is 4.79 Å². The van der Waals surface area contributed by atoms with Gasteiger partial charge in [0.05, 0.1) is 10.7 Å². The third kappa shape index (κ3) is 5.00. The van der Waals surface area contributed by atoms with Crippen molar-refractivity contribution in [3.63, 3.8) is 0 Å². The molecule has 2 rings (SSSR count). The summed E-state index contributed by atoms with van der Waals surface area (Å²) in [6, 6.07) is -0.0558. The van der Waals surface area contributed by atoms with E-state index in [4.69, 9.17) is 5.11 Å². The van der Waals surface area contributed by atoms with Crippen LogP contribution in [-0.2, 0) is 11.2 Å². The Morgan fingerprint density at radius 2 is 2.38 bits per heavy atom. The molecule has 116 valence electrons. The Morgan fingerprint density at radius 1 is 1.57 bits per heavy atom. The number of aliphatic carboxylic acids is 1. The summed E-state index contributed by atoms with van der Waals surface area (Å²) >= 11 is 1.61. The molecule has 1 aromatic rings. The van der Waals surface area contributed by atoms with E-state index in [2.05, 4.69) is 10.3 Å². The summed E-state index contributed by atoms with van der Waals surface area (Å²) in [5.41, 5.74) is 1.01. The van der Waals surface area contributed by atoms with Crippen LogP contribution in [0.15, 0.2) is 5.38 Å². The molecule has 0 aromatic carbocycles. The molecule has 1 unspecified atom stereocenters. The molecule has 1 aliphatic rings. The van der Waals surface area contributed by atoms with E-state index in [0.29, 0.717) is 32.0 Å². The number of carboxylic acids is 1. The smallest absolute Gasteiger partial charge is 0.317 e. The van der Waals surface area contributed by atoms with Crippen molar-refractivity contribution in [3.05, 3.63) is 16.1 Å². The maximum atomic E-state index is 12.0. The molecule has 2 amide bonds. The second-order valence-corrected chi connectivity index (χ2v) is 6.44. The van der Waals surface area contributed by atoms with Gasteiger partial charge in [0.2, 0.25) is 0 Å². The zero-order chi connectivity index (χ0) is 15.2. The van der Waals surface area contributed by atoms with Gasteiger partial charge in [-0.3, -0.25) is 4.79 Å². The van der Waals surface area contributed by atoms with Crippen molar-refractivity contribution in [1.29, 1.82) is 0 Å². The number of amides is 2. The molecule has 0 radical (unpaired) electrons. The number of aromatic nitrogens is 1. The number of carbonyl (C=O) groups excluding carboxylic acids is 1. The SMILES string of the molecule is Cc1nc(CCNC(=O)N2CCC(CCC(=O)O)C2)cs1. The largest absolute Gasteiger partial charge is 0.481 e. The number of likely N-dealkylation sites (tertiary alicyclic amines) is 1. The van der Waals surface area contributed by atoms with Crippen molar-refractivity contribution in [1.82, 2.24) is 15.2 Å². The lowest BCUT2D eigenvalue weighted by Gasteiger charge is -2.17. The van der Waals surface area contributed by atoms with Crippen molar-refractivity contribution in [3.8, 4) is 0 Å². The Bertz CT molecular complexity index is 503. The van der Waals surface area contributed by atoms with Crippen molar-refractivity contribution >= 4 is 23.3 Å². The molecule has 0 bridgehead atoms. The van der Waals surface area contributed by atoms with Gasteiger partial charge in [-0.15, -0.1) is 11.3 Å². The molecule has 1 aromatic heterocycles. The molecule has 1 atom stereocenters. The van der Waals surface area contributed by atoms with Gasteiger partial charge >= 0.3 is 12.0 Å². The molecule has 0 saturated carbocycles. The average molecular weight is 311 g/mol. The van der Waals surface area contributed by atoms with E-state index < -0.39 is 5.97 Å². The molecular formula is C14H21N3O3S. The topological polar surface area (TPSA) is 82.5 Å². The first kappa shape index (κ1) is 15.8. The van der Waals surface area contributed by atoms with E-state index >= 15 is 0 Å². The summed E-state index contributed by atoms with van der Waals surface area (Å²) < 4.78 is 0. The van der Waals surface area contributed by atoms with E-state index in [9.17, 15) is 9.59 Å². The van der Waals surface area contributed by atoms with E-state index in [1.807, 2.05) is 12.3 Å². The number of carbonyl (C=O) groups is 2. The lowest BCUT2D eigenvalue weighted by molar-refractivity contribution is -0.137. The first-order chi connectivity index (χ1) is 10.0. The van der Waals surface area contributed by atoms with Crippen LogP contribution in [0.1, 0.15) is 30.0 Å². The maximum Gasteiger partial charge on any atom is 0.317 e. The number of urea groups is 1. The van der Waals surface area contributed by atoms with Gasteiger partial charge in [-0.2, -0.15) is 0 Å². The van der Waals surface area contributed by atoms with Crippen LogP contribution >= 0.6 is 11.3 Å². The minimum absolute atomic E-state index is 0.0558. The van der Waals surface area contributed by atoms with Crippen LogP contribution in [0.25, 0.3) is 0 Å². The third-order valence-electron chi connectivity index (χ3n) is 3.66. The molecule has 0 aliphatic carbocycles. The van der Waals surface area contributed by atoms with Crippen LogP contribution in [0.5, 0.6) is 0 Å². The van der Waals surface area contributed by atoms with Crippen LogP contribution in [0.2, 0.25) is 0 Å². The summed E-state index contributed by atoms with van der Waals surface area (Å²) in [5, 5.41) is 14.6. The van der Waals surface area contributed by atoms with E-state index in [1.165, 1.54) is 0 Å². The fraction of sp³-hybridized carbons (Fsp3) is 0.643. The lowest BCUT2D eigenvalue weighted by Crippen LogP contribution is -2.39. The number of thiazole rings is 1. The number of rotatable bonds is 6. The minimum atomic E-state index is -0.767. The highest BCUT2D eigenvalue weighted by molar-refractivity contribution is 7.09. The molecule has 2 N–H and O–H groups in total. The van der Waals surface area contributed by atoms with Gasteiger partial charge < -0.3 is 15.3 Å². The van der Waals surface area contributed by atoms with E-state index in [-0.39, 0.29) is 12.5 Å². The zero-order valence-electron chi connectivity index (χ0n) is 12.2. The van der Waals surface area contributed by atoms with Crippen LogP contribution in [-0.4, -0.2) is 46.6 Å². The second kappa shape index (κ2) is 7.40. The Balaban J connectivity index is 1.66. The van der Waals surface area contributed by atoms with Crippen molar-refractivity contribution in [2.75, 3.05) is 19.6 Å². The number of aryl methyl sites for hydroxylation is 1. The Morgan fingerprint density at radius 3 is 3.05 bits per heavy atom. The molecule has 6 nitrogen and oxygen atoms in total.